The predicted molar refractivity (Wildman–Crippen MR) is 133 cm³/mol. The third kappa shape index (κ3) is 5.78. The molecule has 1 aromatic heterocycles. The molecule has 1 N–H and O–H groups in total. The van der Waals surface area contributed by atoms with Crippen molar-refractivity contribution >= 4 is 33.3 Å². The lowest BCUT2D eigenvalue weighted by Gasteiger charge is -2.27. The minimum Gasteiger partial charge on any atom is -0.347 e. The molecule has 2 aliphatic rings. The van der Waals surface area contributed by atoms with Crippen LogP contribution in [0.15, 0.2) is 35.4 Å². The van der Waals surface area contributed by atoms with E-state index >= 15 is 0 Å². The summed E-state index contributed by atoms with van der Waals surface area (Å²) in [6.45, 7) is 1.67. The van der Waals surface area contributed by atoms with Crippen molar-refractivity contribution in [3.8, 4) is 12.3 Å². The van der Waals surface area contributed by atoms with Crippen LogP contribution < -0.4 is 5.32 Å². The molecule has 1 aromatic carbocycles. The molecule has 0 radical (unpaired) electrons. The molecular formula is C26H26ClF2N3O4S. The minimum absolute atomic E-state index is 0.00654. The fourth-order valence-corrected chi connectivity index (χ4v) is 5.69. The molecule has 37 heavy (non-hydrogen) atoms. The molecule has 4 rings (SSSR count). The second-order valence-electron chi connectivity index (χ2n) is 9.38. The van der Waals surface area contributed by atoms with Gasteiger partial charge in [-0.2, -0.15) is 0 Å². The van der Waals surface area contributed by atoms with Crippen LogP contribution in [0.3, 0.4) is 0 Å². The van der Waals surface area contributed by atoms with Crippen LogP contribution in [0.5, 0.6) is 0 Å². The number of likely N-dealkylation sites (tertiary alicyclic amines) is 1. The molecular weight excluding hydrogens is 524 g/mol. The van der Waals surface area contributed by atoms with Crippen molar-refractivity contribution in [2.45, 2.75) is 49.6 Å². The largest absolute Gasteiger partial charge is 0.347 e. The minimum atomic E-state index is -3.58. The highest BCUT2D eigenvalue weighted by atomic mass is 35.5. The third-order valence-corrected chi connectivity index (χ3v) is 8.84. The van der Waals surface area contributed by atoms with E-state index in [1.807, 2.05) is 0 Å². The van der Waals surface area contributed by atoms with Crippen LogP contribution in [-0.2, 0) is 14.6 Å². The Hall–Kier alpha value is -3.03. The number of nitrogens with one attached hydrogen (secondary N) is 1. The molecule has 0 unspecified atom stereocenters. The number of carbonyl (C=O) groups excluding carboxylic acids is 2. The molecule has 7 nitrogen and oxygen atoms in total. The number of nitrogens with zero attached hydrogens (tertiary/aromatic N) is 2. The van der Waals surface area contributed by atoms with Crippen LogP contribution in [0, 0.1) is 35.8 Å². The summed E-state index contributed by atoms with van der Waals surface area (Å²) in [6, 6.07) is 2.64. The monoisotopic (exact) mass is 549 g/mol. The van der Waals surface area contributed by atoms with Gasteiger partial charge in [0, 0.05) is 24.7 Å². The highest BCUT2D eigenvalue weighted by Crippen LogP contribution is 2.43. The zero-order valence-electron chi connectivity index (χ0n) is 20.1. The van der Waals surface area contributed by atoms with Crippen LogP contribution in [0.4, 0.5) is 8.78 Å². The Morgan fingerprint density at radius 2 is 2.00 bits per heavy atom. The number of benzene rings is 1. The Kier molecular flexibility index (Phi) is 7.85. The van der Waals surface area contributed by atoms with Gasteiger partial charge in [-0.1, -0.05) is 18.5 Å². The summed E-state index contributed by atoms with van der Waals surface area (Å²) in [5.74, 6) is -0.511. The van der Waals surface area contributed by atoms with E-state index in [1.54, 1.807) is 0 Å². The summed E-state index contributed by atoms with van der Waals surface area (Å²) in [6.07, 6.45) is 8.76. The first-order chi connectivity index (χ1) is 17.6. The quantitative estimate of drug-likeness (QED) is 0.397. The number of pyridine rings is 1. The molecule has 1 saturated heterocycles. The van der Waals surface area contributed by atoms with Gasteiger partial charge in [0.05, 0.1) is 21.7 Å². The first kappa shape index (κ1) is 27.0. The lowest BCUT2D eigenvalue weighted by atomic mass is 9.99. The topological polar surface area (TPSA) is 96.4 Å². The maximum Gasteiger partial charge on any atom is 0.273 e. The molecule has 2 fully saturated rings. The van der Waals surface area contributed by atoms with Crippen LogP contribution in [0.1, 0.15) is 54.7 Å². The Bertz CT molecular complexity index is 1370. The van der Waals surface area contributed by atoms with E-state index in [9.17, 15) is 26.8 Å². The lowest BCUT2D eigenvalue weighted by Crippen LogP contribution is -2.47. The van der Waals surface area contributed by atoms with Crippen molar-refractivity contribution in [1.29, 1.82) is 0 Å². The first-order valence-electron chi connectivity index (χ1n) is 11.9. The van der Waals surface area contributed by atoms with Gasteiger partial charge in [-0.25, -0.2) is 17.2 Å². The van der Waals surface area contributed by atoms with Crippen LogP contribution in [-0.4, -0.2) is 48.5 Å². The number of rotatable bonds is 8. The van der Waals surface area contributed by atoms with E-state index in [-0.39, 0.29) is 51.7 Å². The standard InChI is InChI=1S/C26H26ClF2N3O4S/c1-3-5-15-10-23(32(14-15)26(34)22-11-17(8-9-30-22)37(35,36)4-2)25(33)31-24(16-6-7-16)18-12-21(29)19(27)13-20(18)28/h1,8-9,11-13,15-16,23-24H,4-7,10,14H2,2H3,(H,31,33)/t15-,23-,24-/m1/s1. The van der Waals surface area contributed by atoms with Gasteiger partial charge in [0.25, 0.3) is 5.91 Å². The van der Waals surface area contributed by atoms with Crippen molar-refractivity contribution < 1.29 is 26.8 Å². The number of amides is 2. The molecule has 0 bridgehead atoms. The SMILES string of the molecule is C#CC[C@@H]1C[C@H](C(=O)N[C@@H](c2cc(F)c(Cl)cc2F)C2CC2)N(C(=O)c2cc(S(=O)(=O)CC)ccn2)C1. The Morgan fingerprint density at radius 1 is 1.27 bits per heavy atom. The molecule has 11 heteroatoms. The first-order valence-corrected chi connectivity index (χ1v) is 14.0. The smallest absolute Gasteiger partial charge is 0.273 e. The number of halogens is 3. The fraction of sp³-hybridized carbons (Fsp3) is 0.423. The van der Waals surface area contributed by atoms with Crippen molar-refractivity contribution in [3.63, 3.8) is 0 Å². The van der Waals surface area contributed by atoms with Gasteiger partial charge in [0.2, 0.25) is 5.91 Å². The maximum atomic E-state index is 14.7. The highest BCUT2D eigenvalue weighted by molar-refractivity contribution is 7.91. The van der Waals surface area contributed by atoms with E-state index in [0.29, 0.717) is 6.42 Å². The second-order valence-corrected chi connectivity index (χ2v) is 12.1. The molecule has 2 heterocycles. The maximum absolute atomic E-state index is 14.7. The van der Waals surface area contributed by atoms with Gasteiger partial charge in [-0.15, -0.1) is 12.3 Å². The zero-order chi connectivity index (χ0) is 26.9. The van der Waals surface area contributed by atoms with Gasteiger partial charge in [0.1, 0.15) is 23.4 Å². The number of sulfone groups is 1. The Morgan fingerprint density at radius 3 is 2.65 bits per heavy atom. The molecule has 1 saturated carbocycles. The van der Waals surface area contributed by atoms with Gasteiger partial charge in [-0.3, -0.25) is 14.6 Å². The summed E-state index contributed by atoms with van der Waals surface area (Å²) in [5, 5.41) is 2.46. The molecule has 0 spiro atoms. The predicted octanol–water partition coefficient (Wildman–Crippen LogP) is 3.93. The summed E-state index contributed by atoms with van der Waals surface area (Å²) >= 11 is 5.70. The fourth-order valence-electron chi connectivity index (χ4n) is 4.65. The van der Waals surface area contributed by atoms with Crippen molar-refractivity contribution in [2.75, 3.05) is 12.3 Å². The summed E-state index contributed by atoms with van der Waals surface area (Å²) in [5.41, 5.74) is -0.119. The average Bonchev–Trinajstić information content (AvgIpc) is 3.63. The van der Waals surface area contributed by atoms with E-state index in [0.717, 1.165) is 25.0 Å². The van der Waals surface area contributed by atoms with Crippen LogP contribution >= 0.6 is 11.6 Å². The van der Waals surface area contributed by atoms with E-state index in [1.165, 1.54) is 30.2 Å². The van der Waals surface area contributed by atoms with Gasteiger partial charge in [-0.05, 0) is 55.4 Å². The molecule has 2 aromatic rings. The lowest BCUT2D eigenvalue weighted by molar-refractivity contribution is -0.125. The van der Waals surface area contributed by atoms with E-state index < -0.39 is 45.4 Å². The summed E-state index contributed by atoms with van der Waals surface area (Å²) < 4.78 is 53.4. The normalized spacial score (nSPS) is 20.4. The van der Waals surface area contributed by atoms with E-state index in [4.69, 9.17) is 18.0 Å². The van der Waals surface area contributed by atoms with Gasteiger partial charge in [0.15, 0.2) is 9.84 Å². The summed E-state index contributed by atoms with van der Waals surface area (Å²) in [7, 11) is -3.58. The third-order valence-electron chi connectivity index (χ3n) is 6.81. The number of carbonyl (C=O) groups is 2. The molecule has 1 aliphatic carbocycles. The number of aromatic nitrogens is 1. The number of terminal acetylenes is 1. The molecule has 1 aliphatic heterocycles. The van der Waals surface area contributed by atoms with Crippen molar-refractivity contribution in [2.24, 2.45) is 11.8 Å². The van der Waals surface area contributed by atoms with Crippen molar-refractivity contribution in [1.82, 2.24) is 15.2 Å². The average molecular weight is 550 g/mol. The van der Waals surface area contributed by atoms with E-state index in [2.05, 4.69) is 16.2 Å². The summed E-state index contributed by atoms with van der Waals surface area (Å²) in [4.78, 5) is 32.2. The number of hydrogen-bond acceptors (Lipinski definition) is 5. The van der Waals surface area contributed by atoms with Crippen LogP contribution in [0.2, 0.25) is 5.02 Å². The molecule has 2 amide bonds. The zero-order valence-corrected chi connectivity index (χ0v) is 21.7. The van der Waals surface area contributed by atoms with Gasteiger partial charge < -0.3 is 10.2 Å². The second kappa shape index (κ2) is 10.8. The van der Waals surface area contributed by atoms with Gasteiger partial charge >= 0.3 is 0 Å². The van der Waals surface area contributed by atoms with Crippen molar-refractivity contribution in [3.05, 3.63) is 58.4 Å². The highest BCUT2D eigenvalue weighted by Gasteiger charge is 2.43. The molecule has 196 valence electrons. The molecule has 3 atom stereocenters. The Balaban J connectivity index is 1.62. The van der Waals surface area contributed by atoms with Crippen LogP contribution in [0.25, 0.3) is 0 Å². The number of hydrogen-bond donors (Lipinski definition) is 1. The Labute approximate surface area is 219 Å².